The van der Waals surface area contributed by atoms with E-state index in [1.807, 2.05) is 24.3 Å². The molecule has 92 valence electrons. The Kier molecular flexibility index (Phi) is 3.06. The molecule has 18 heavy (non-hydrogen) atoms. The molecule has 0 bridgehead atoms. The summed E-state index contributed by atoms with van der Waals surface area (Å²) in [5, 5.41) is 10.8. The molecule has 1 aromatic carbocycles. The number of aliphatic hydroxyl groups is 1. The highest BCUT2D eigenvalue weighted by molar-refractivity contribution is 6.29. The van der Waals surface area contributed by atoms with Gasteiger partial charge < -0.3 is 5.11 Å². The van der Waals surface area contributed by atoms with Gasteiger partial charge in [-0.15, -0.1) is 0 Å². The summed E-state index contributed by atoms with van der Waals surface area (Å²) in [6, 6.07) is 13.9. The fourth-order valence-electron chi connectivity index (χ4n) is 2.50. The lowest BCUT2D eigenvalue weighted by atomic mass is 10.0. The van der Waals surface area contributed by atoms with Crippen molar-refractivity contribution >= 4 is 11.6 Å². The summed E-state index contributed by atoms with van der Waals surface area (Å²) in [4.78, 5) is 3.93. The third-order valence-corrected chi connectivity index (χ3v) is 3.77. The molecule has 3 unspecified atom stereocenters. The Morgan fingerprint density at radius 1 is 1.22 bits per heavy atom. The van der Waals surface area contributed by atoms with Crippen molar-refractivity contribution in [1.82, 2.24) is 4.98 Å². The zero-order chi connectivity index (χ0) is 12.5. The molecule has 0 radical (unpaired) electrons. The molecule has 3 rings (SSSR count). The highest BCUT2D eigenvalue weighted by atomic mass is 35.5. The molecular formula is C15H14ClNO. The molecule has 0 aliphatic heterocycles. The van der Waals surface area contributed by atoms with E-state index in [0.717, 1.165) is 12.0 Å². The molecular weight excluding hydrogens is 246 g/mol. The summed E-state index contributed by atoms with van der Waals surface area (Å²) in [6.45, 7) is 0. The van der Waals surface area contributed by atoms with Crippen LogP contribution in [0.4, 0.5) is 0 Å². The number of aromatic nitrogens is 1. The monoisotopic (exact) mass is 259 g/mol. The Labute approximate surface area is 111 Å². The van der Waals surface area contributed by atoms with Crippen molar-refractivity contribution < 1.29 is 5.11 Å². The van der Waals surface area contributed by atoms with E-state index in [0.29, 0.717) is 17.0 Å². The fraction of sp³-hybridized carbons (Fsp3) is 0.267. The molecule has 3 atom stereocenters. The largest absolute Gasteiger partial charge is 0.388 e. The van der Waals surface area contributed by atoms with Crippen LogP contribution in [0.3, 0.4) is 0 Å². The first-order chi connectivity index (χ1) is 8.75. The summed E-state index contributed by atoms with van der Waals surface area (Å²) in [6.07, 6.45) is 2.22. The summed E-state index contributed by atoms with van der Waals surface area (Å²) in [5.41, 5.74) is 2.17. The van der Waals surface area contributed by atoms with E-state index in [2.05, 4.69) is 17.1 Å². The van der Waals surface area contributed by atoms with Gasteiger partial charge in [0.25, 0.3) is 0 Å². The average molecular weight is 260 g/mol. The lowest BCUT2D eigenvalue weighted by molar-refractivity contribution is 0.151. The van der Waals surface area contributed by atoms with Gasteiger partial charge in [-0.3, -0.25) is 0 Å². The number of hydrogen-bond donors (Lipinski definition) is 1. The SMILES string of the molecule is OC(c1ccnc(Cl)c1)C1CC1c1ccccc1. The second kappa shape index (κ2) is 4.71. The molecule has 2 aromatic rings. The van der Waals surface area contributed by atoms with E-state index in [4.69, 9.17) is 11.6 Å². The van der Waals surface area contributed by atoms with E-state index in [1.165, 1.54) is 5.56 Å². The number of benzene rings is 1. The Bertz CT molecular complexity index is 543. The minimum absolute atomic E-state index is 0.297. The van der Waals surface area contributed by atoms with E-state index >= 15 is 0 Å². The van der Waals surface area contributed by atoms with E-state index in [1.54, 1.807) is 12.3 Å². The quantitative estimate of drug-likeness (QED) is 0.855. The topological polar surface area (TPSA) is 33.1 Å². The summed E-state index contributed by atoms with van der Waals surface area (Å²) in [5.74, 6) is 0.763. The number of halogens is 1. The van der Waals surface area contributed by atoms with Gasteiger partial charge in [-0.2, -0.15) is 0 Å². The molecule has 1 aromatic heterocycles. The molecule has 1 N–H and O–H groups in total. The highest BCUT2D eigenvalue weighted by Crippen LogP contribution is 2.53. The van der Waals surface area contributed by atoms with Crippen LogP contribution in [0, 0.1) is 5.92 Å². The van der Waals surface area contributed by atoms with Gasteiger partial charge in [-0.1, -0.05) is 41.9 Å². The van der Waals surface area contributed by atoms with Crippen molar-refractivity contribution in [3.63, 3.8) is 0 Å². The van der Waals surface area contributed by atoms with Crippen LogP contribution in [0.15, 0.2) is 48.7 Å². The van der Waals surface area contributed by atoms with Crippen LogP contribution in [0.5, 0.6) is 0 Å². The predicted octanol–water partition coefficient (Wildman–Crippen LogP) is 3.57. The minimum Gasteiger partial charge on any atom is -0.388 e. The van der Waals surface area contributed by atoms with Gasteiger partial charge >= 0.3 is 0 Å². The van der Waals surface area contributed by atoms with Crippen molar-refractivity contribution in [2.75, 3.05) is 0 Å². The van der Waals surface area contributed by atoms with Gasteiger partial charge in [-0.05, 0) is 41.5 Å². The number of pyridine rings is 1. The van der Waals surface area contributed by atoms with Crippen molar-refractivity contribution in [1.29, 1.82) is 0 Å². The van der Waals surface area contributed by atoms with Crippen LogP contribution < -0.4 is 0 Å². The maximum absolute atomic E-state index is 10.3. The molecule has 0 saturated heterocycles. The third kappa shape index (κ3) is 2.26. The maximum Gasteiger partial charge on any atom is 0.129 e. The van der Waals surface area contributed by atoms with Gasteiger partial charge in [0.1, 0.15) is 5.15 Å². The molecule has 1 saturated carbocycles. The number of hydrogen-bond acceptors (Lipinski definition) is 2. The van der Waals surface area contributed by atoms with Crippen molar-refractivity contribution in [2.45, 2.75) is 18.4 Å². The van der Waals surface area contributed by atoms with Crippen LogP contribution in [0.1, 0.15) is 29.6 Å². The minimum atomic E-state index is -0.448. The second-order valence-electron chi connectivity index (χ2n) is 4.77. The summed E-state index contributed by atoms with van der Waals surface area (Å²) >= 11 is 5.85. The fourth-order valence-corrected chi connectivity index (χ4v) is 2.68. The standard InChI is InChI=1S/C15H14ClNO/c16-14-8-11(6-7-17-14)15(18)13-9-12(13)10-4-2-1-3-5-10/h1-8,12-13,15,18H,9H2. The first-order valence-corrected chi connectivity index (χ1v) is 6.48. The van der Waals surface area contributed by atoms with Crippen molar-refractivity contribution in [2.24, 2.45) is 5.92 Å². The van der Waals surface area contributed by atoms with Gasteiger partial charge in [0, 0.05) is 6.20 Å². The van der Waals surface area contributed by atoms with E-state index in [-0.39, 0.29) is 0 Å². The number of rotatable bonds is 3. The van der Waals surface area contributed by atoms with Crippen molar-refractivity contribution in [3.8, 4) is 0 Å². The predicted molar refractivity (Wildman–Crippen MR) is 71.5 cm³/mol. The van der Waals surface area contributed by atoms with E-state index < -0.39 is 6.10 Å². The molecule has 1 heterocycles. The van der Waals surface area contributed by atoms with Gasteiger partial charge in [0.15, 0.2) is 0 Å². The first kappa shape index (κ1) is 11.7. The number of aliphatic hydroxyl groups excluding tert-OH is 1. The lowest BCUT2D eigenvalue weighted by Gasteiger charge is -2.10. The summed E-state index contributed by atoms with van der Waals surface area (Å²) < 4.78 is 0. The second-order valence-corrected chi connectivity index (χ2v) is 5.16. The Morgan fingerprint density at radius 2 is 2.00 bits per heavy atom. The Hall–Kier alpha value is -1.38. The van der Waals surface area contributed by atoms with Crippen molar-refractivity contribution in [3.05, 3.63) is 64.9 Å². The van der Waals surface area contributed by atoms with Crippen LogP contribution in [-0.4, -0.2) is 10.1 Å². The lowest BCUT2D eigenvalue weighted by Crippen LogP contribution is -2.01. The average Bonchev–Trinajstić information content (AvgIpc) is 3.19. The normalized spacial score (nSPS) is 23.7. The zero-order valence-electron chi connectivity index (χ0n) is 9.83. The smallest absolute Gasteiger partial charge is 0.129 e. The molecule has 1 aliphatic carbocycles. The molecule has 2 nitrogen and oxygen atoms in total. The van der Waals surface area contributed by atoms with Gasteiger partial charge in [-0.25, -0.2) is 4.98 Å². The van der Waals surface area contributed by atoms with E-state index in [9.17, 15) is 5.11 Å². The summed E-state index contributed by atoms with van der Waals surface area (Å²) in [7, 11) is 0. The first-order valence-electron chi connectivity index (χ1n) is 6.10. The van der Waals surface area contributed by atoms with Gasteiger partial charge in [0.05, 0.1) is 6.10 Å². The maximum atomic E-state index is 10.3. The molecule has 1 aliphatic rings. The van der Waals surface area contributed by atoms with Crippen LogP contribution in [-0.2, 0) is 0 Å². The molecule has 1 fully saturated rings. The van der Waals surface area contributed by atoms with Crippen LogP contribution in [0.2, 0.25) is 5.15 Å². The van der Waals surface area contributed by atoms with Crippen LogP contribution >= 0.6 is 11.6 Å². The Morgan fingerprint density at radius 3 is 2.72 bits per heavy atom. The zero-order valence-corrected chi connectivity index (χ0v) is 10.6. The number of nitrogens with zero attached hydrogens (tertiary/aromatic N) is 1. The Balaban J connectivity index is 1.75. The molecule has 3 heteroatoms. The van der Waals surface area contributed by atoms with Crippen LogP contribution in [0.25, 0.3) is 0 Å². The third-order valence-electron chi connectivity index (χ3n) is 3.57. The molecule has 0 amide bonds. The van der Waals surface area contributed by atoms with Gasteiger partial charge in [0.2, 0.25) is 0 Å². The molecule has 0 spiro atoms. The highest BCUT2D eigenvalue weighted by Gasteiger charge is 2.43.